The molecule has 7 nitrogen and oxygen atoms in total. The molecular formula is C10H14N4O3. The van der Waals surface area contributed by atoms with E-state index in [4.69, 9.17) is 0 Å². The van der Waals surface area contributed by atoms with Gasteiger partial charge in [-0.15, -0.1) is 0 Å². The Morgan fingerprint density at radius 2 is 2.35 bits per heavy atom. The fraction of sp³-hybridized carbons (Fsp3) is 0.400. The Balaban J connectivity index is 2.69. The summed E-state index contributed by atoms with van der Waals surface area (Å²) in [6, 6.07) is 3.09. The van der Waals surface area contributed by atoms with Gasteiger partial charge in [0.25, 0.3) is 0 Å². The van der Waals surface area contributed by atoms with Crippen molar-refractivity contribution in [3.05, 3.63) is 28.4 Å². The third-order valence-electron chi connectivity index (χ3n) is 2.29. The molecule has 92 valence electrons. The summed E-state index contributed by atoms with van der Waals surface area (Å²) in [6.07, 6.45) is 1.34. The van der Waals surface area contributed by atoms with Crippen molar-refractivity contribution in [3.63, 3.8) is 0 Å². The Morgan fingerprint density at radius 1 is 1.65 bits per heavy atom. The van der Waals surface area contributed by atoms with E-state index in [1.54, 1.807) is 13.1 Å². The van der Waals surface area contributed by atoms with Gasteiger partial charge < -0.3 is 20.3 Å². The van der Waals surface area contributed by atoms with Crippen molar-refractivity contribution in [2.75, 3.05) is 25.5 Å². The van der Waals surface area contributed by atoms with Crippen LogP contribution in [0.4, 0.5) is 11.5 Å². The first-order chi connectivity index (χ1) is 8.06. The first-order valence-electron chi connectivity index (χ1n) is 5.13. The minimum absolute atomic E-state index is 0.0108. The van der Waals surface area contributed by atoms with Crippen molar-refractivity contribution in [2.24, 2.45) is 0 Å². The van der Waals surface area contributed by atoms with Crippen LogP contribution in [0, 0.1) is 10.1 Å². The molecule has 0 fully saturated rings. The van der Waals surface area contributed by atoms with Crippen LogP contribution in [0.3, 0.4) is 0 Å². The highest BCUT2D eigenvalue weighted by molar-refractivity contribution is 5.81. The maximum absolute atomic E-state index is 11.5. The van der Waals surface area contributed by atoms with Crippen LogP contribution in [0.5, 0.6) is 0 Å². The van der Waals surface area contributed by atoms with E-state index in [1.165, 1.54) is 17.2 Å². The molecule has 1 N–H and O–H groups in total. The second-order valence-corrected chi connectivity index (χ2v) is 3.39. The second kappa shape index (κ2) is 5.78. The van der Waals surface area contributed by atoms with Crippen molar-refractivity contribution in [3.8, 4) is 0 Å². The molecule has 1 amide bonds. The number of anilines is 1. The van der Waals surface area contributed by atoms with E-state index in [2.05, 4.69) is 10.3 Å². The quantitative estimate of drug-likeness (QED) is 0.607. The Hall–Kier alpha value is -2.18. The number of pyridine rings is 1. The normalized spacial score (nSPS) is 9.76. The highest BCUT2D eigenvalue weighted by atomic mass is 16.6. The van der Waals surface area contributed by atoms with E-state index in [0.29, 0.717) is 6.54 Å². The number of aromatic nitrogens is 1. The summed E-state index contributed by atoms with van der Waals surface area (Å²) in [5.74, 6) is -0.412. The van der Waals surface area contributed by atoms with E-state index in [-0.39, 0.29) is 24.0 Å². The number of hydrogen-bond acceptors (Lipinski definition) is 5. The van der Waals surface area contributed by atoms with Crippen molar-refractivity contribution in [1.29, 1.82) is 0 Å². The zero-order chi connectivity index (χ0) is 12.8. The van der Waals surface area contributed by atoms with E-state index >= 15 is 0 Å². The van der Waals surface area contributed by atoms with Gasteiger partial charge in [0.05, 0.1) is 6.54 Å². The minimum atomic E-state index is -0.587. The van der Waals surface area contributed by atoms with Gasteiger partial charge in [-0.25, -0.2) is 0 Å². The molecule has 0 bridgehead atoms. The Labute approximate surface area is 98.6 Å². The molecule has 0 aliphatic rings. The van der Waals surface area contributed by atoms with Gasteiger partial charge in [-0.1, -0.05) is 0 Å². The van der Waals surface area contributed by atoms with Crippen LogP contribution in [0.25, 0.3) is 0 Å². The topological polar surface area (TPSA) is 88.4 Å². The Morgan fingerprint density at radius 3 is 2.94 bits per heavy atom. The minimum Gasteiger partial charge on any atom is -0.369 e. The molecule has 0 spiro atoms. The maximum Gasteiger partial charge on any atom is 0.386 e. The predicted molar refractivity (Wildman–Crippen MR) is 62.7 cm³/mol. The van der Waals surface area contributed by atoms with Gasteiger partial charge in [-0.3, -0.25) is 4.79 Å². The third-order valence-corrected chi connectivity index (χ3v) is 2.29. The summed E-state index contributed by atoms with van der Waals surface area (Å²) in [5, 5.41) is 13.4. The smallest absolute Gasteiger partial charge is 0.369 e. The number of nitrogens with one attached hydrogen (secondary N) is 1. The Bertz CT molecular complexity index is 422. The lowest BCUT2D eigenvalue weighted by Gasteiger charge is -2.14. The van der Waals surface area contributed by atoms with Crippen molar-refractivity contribution in [1.82, 2.24) is 9.88 Å². The number of carbonyl (C=O) groups is 1. The molecule has 0 unspecified atom stereocenters. The van der Waals surface area contributed by atoms with Crippen LogP contribution >= 0.6 is 0 Å². The van der Waals surface area contributed by atoms with E-state index < -0.39 is 4.92 Å². The van der Waals surface area contributed by atoms with Crippen LogP contribution in [0.2, 0.25) is 0 Å². The summed E-state index contributed by atoms with van der Waals surface area (Å²) in [7, 11) is 1.67. The van der Waals surface area contributed by atoms with Crippen LogP contribution in [-0.4, -0.2) is 40.9 Å². The van der Waals surface area contributed by atoms with E-state index in [9.17, 15) is 14.9 Å². The number of nitrogens with zero attached hydrogens (tertiary/aromatic N) is 3. The SMILES string of the molecule is CCN(C)C(=O)CNc1cccnc1[N+](=O)[O-]. The van der Waals surface area contributed by atoms with Gasteiger partial charge in [0.2, 0.25) is 5.91 Å². The molecule has 0 saturated heterocycles. The lowest BCUT2D eigenvalue weighted by Crippen LogP contribution is -2.32. The molecule has 1 heterocycles. The number of rotatable bonds is 5. The van der Waals surface area contributed by atoms with Crippen LogP contribution in [0.15, 0.2) is 18.3 Å². The molecule has 7 heteroatoms. The Kier molecular flexibility index (Phi) is 4.38. The van der Waals surface area contributed by atoms with Gasteiger partial charge in [0.1, 0.15) is 11.9 Å². The number of nitro groups is 1. The average Bonchev–Trinajstić information content (AvgIpc) is 2.35. The van der Waals surface area contributed by atoms with Crippen LogP contribution < -0.4 is 5.32 Å². The molecule has 0 atom stereocenters. The molecule has 1 aromatic heterocycles. The summed E-state index contributed by atoms with van der Waals surface area (Å²) < 4.78 is 0. The summed E-state index contributed by atoms with van der Waals surface area (Å²) in [4.78, 5) is 26.7. The molecular weight excluding hydrogens is 224 g/mol. The molecule has 0 saturated carbocycles. The summed E-state index contributed by atoms with van der Waals surface area (Å²) in [6.45, 7) is 2.46. The summed E-state index contributed by atoms with van der Waals surface area (Å²) >= 11 is 0. The van der Waals surface area contributed by atoms with Gasteiger partial charge in [-0.05, 0) is 29.0 Å². The summed E-state index contributed by atoms with van der Waals surface area (Å²) in [5.41, 5.74) is 0.246. The number of hydrogen-bond donors (Lipinski definition) is 1. The zero-order valence-corrected chi connectivity index (χ0v) is 9.71. The number of amides is 1. The molecule has 17 heavy (non-hydrogen) atoms. The molecule has 0 aliphatic heterocycles. The second-order valence-electron chi connectivity index (χ2n) is 3.39. The third kappa shape index (κ3) is 3.40. The molecule has 1 aromatic rings. The largest absolute Gasteiger partial charge is 0.386 e. The number of carbonyl (C=O) groups excluding carboxylic acids is 1. The first kappa shape index (κ1) is 12.9. The fourth-order valence-electron chi connectivity index (χ4n) is 1.16. The van der Waals surface area contributed by atoms with Crippen molar-refractivity contribution in [2.45, 2.75) is 6.92 Å². The van der Waals surface area contributed by atoms with Crippen LogP contribution in [0.1, 0.15) is 6.92 Å². The maximum atomic E-state index is 11.5. The molecule has 0 radical (unpaired) electrons. The van der Waals surface area contributed by atoms with Gasteiger partial charge in [0.15, 0.2) is 0 Å². The van der Waals surface area contributed by atoms with Gasteiger partial charge >= 0.3 is 5.82 Å². The van der Waals surface area contributed by atoms with E-state index in [0.717, 1.165) is 0 Å². The highest BCUT2D eigenvalue weighted by Crippen LogP contribution is 2.19. The van der Waals surface area contributed by atoms with Gasteiger partial charge in [-0.2, -0.15) is 0 Å². The fourth-order valence-corrected chi connectivity index (χ4v) is 1.16. The first-order valence-corrected chi connectivity index (χ1v) is 5.13. The zero-order valence-electron chi connectivity index (χ0n) is 9.71. The lowest BCUT2D eigenvalue weighted by atomic mass is 10.3. The van der Waals surface area contributed by atoms with Gasteiger partial charge in [0, 0.05) is 13.6 Å². The standard InChI is InChI=1S/C10H14N4O3/c1-3-13(2)9(15)7-12-8-5-4-6-11-10(8)14(16)17/h4-6,12H,3,7H2,1-2H3. The monoisotopic (exact) mass is 238 g/mol. The molecule has 1 rings (SSSR count). The van der Waals surface area contributed by atoms with Crippen LogP contribution in [-0.2, 0) is 4.79 Å². The van der Waals surface area contributed by atoms with Crippen molar-refractivity contribution < 1.29 is 9.72 Å². The van der Waals surface area contributed by atoms with Crippen molar-refractivity contribution >= 4 is 17.4 Å². The average molecular weight is 238 g/mol. The molecule has 0 aromatic carbocycles. The molecule has 0 aliphatic carbocycles. The highest BCUT2D eigenvalue weighted by Gasteiger charge is 2.15. The number of likely N-dealkylation sites (N-methyl/N-ethyl adjacent to an activating group) is 1. The lowest BCUT2D eigenvalue weighted by molar-refractivity contribution is -0.388. The predicted octanol–water partition coefficient (Wildman–Crippen LogP) is 0.880. The van der Waals surface area contributed by atoms with E-state index in [1.807, 2.05) is 6.92 Å².